The first kappa shape index (κ1) is 16.4. The Morgan fingerprint density at radius 3 is 2.59 bits per heavy atom. The Hall–Kier alpha value is -1.94. The predicted octanol–water partition coefficient (Wildman–Crippen LogP) is 2.92. The van der Waals surface area contributed by atoms with Crippen LogP contribution in [0.4, 0.5) is 0 Å². The molecule has 4 heteroatoms. The number of aromatic nitrogens is 1. The maximum atomic E-state index is 12.4. The van der Waals surface area contributed by atoms with Crippen molar-refractivity contribution < 1.29 is 4.79 Å². The summed E-state index contributed by atoms with van der Waals surface area (Å²) < 4.78 is 0. The Morgan fingerprint density at radius 2 is 1.91 bits per heavy atom. The average Bonchev–Trinajstić information content (AvgIpc) is 2.51. The molecular formula is C18H25N3O. The summed E-state index contributed by atoms with van der Waals surface area (Å²) >= 11 is 0. The maximum absolute atomic E-state index is 12.4. The fourth-order valence-corrected chi connectivity index (χ4v) is 2.58. The van der Waals surface area contributed by atoms with Crippen molar-refractivity contribution in [3.8, 4) is 0 Å². The van der Waals surface area contributed by atoms with Gasteiger partial charge in [0.15, 0.2) is 0 Å². The molecule has 0 radical (unpaired) electrons. The maximum Gasteiger partial charge on any atom is 0.253 e. The van der Waals surface area contributed by atoms with Crippen molar-refractivity contribution in [1.29, 1.82) is 0 Å². The summed E-state index contributed by atoms with van der Waals surface area (Å²) in [4.78, 5) is 19.2. The fourth-order valence-electron chi connectivity index (χ4n) is 2.58. The van der Waals surface area contributed by atoms with Gasteiger partial charge < -0.3 is 10.2 Å². The second-order valence-corrected chi connectivity index (χ2v) is 5.60. The van der Waals surface area contributed by atoms with Crippen molar-refractivity contribution in [2.24, 2.45) is 0 Å². The van der Waals surface area contributed by atoms with E-state index < -0.39 is 0 Å². The lowest BCUT2D eigenvalue weighted by molar-refractivity contribution is 0.0948. The van der Waals surface area contributed by atoms with Gasteiger partial charge in [-0.3, -0.25) is 9.78 Å². The number of carbonyl (C=O) groups is 1. The molecule has 0 bridgehead atoms. The molecule has 118 valence electrons. The Bertz CT molecular complexity index is 663. The van der Waals surface area contributed by atoms with Gasteiger partial charge in [0, 0.05) is 18.5 Å². The molecule has 1 N–H and O–H groups in total. The zero-order valence-electron chi connectivity index (χ0n) is 13.9. The van der Waals surface area contributed by atoms with Crippen molar-refractivity contribution >= 4 is 16.8 Å². The van der Waals surface area contributed by atoms with Crippen LogP contribution in [0, 0.1) is 13.8 Å². The number of nitrogens with zero attached hydrogens (tertiary/aromatic N) is 2. The first-order chi connectivity index (χ1) is 10.5. The van der Waals surface area contributed by atoms with E-state index in [1.807, 2.05) is 32.0 Å². The number of pyridine rings is 1. The minimum Gasteiger partial charge on any atom is -0.351 e. The number of aryl methyl sites for hydroxylation is 2. The molecule has 0 unspecified atom stereocenters. The lowest BCUT2D eigenvalue weighted by Gasteiger charge is -2.18. The van der Waals surface area contributed by atoms with Gasteiger partial charge in [-0.05, 0) is 45.1 Å². The number of likely N-dealkylation sites (N-methyl/N-ethyl adjacent to an activating group) is 1. The largest absolute Gasteiger partial charge is 0.351 e. The summed E-state index contributed by atoms with van der Waals surface area (Å²) in [7, 11) is 0. The molecule has 0 aliphatic rings. The summed E-state index contributed by atoms with van der Waals surface area (Å²) in [6.07, 6.45) is 0. The van der Waals surface area contributed by atoms with E-state index in [1.54, 1.807) is 0 Å². The van der Waals surface area contributed by atoms with Crippen LogP contribution >= 0.6 is 0 Å². The van der Waals surface area contributed by atoms with E-state index >= 15 is 0 Å². The third-order valence-corrected chi connectivity index (χ3v) is 4.01. The van der Waals surface area contributed by atoms with Crippen LogP contribution in [-0.2, 0) is 0 Å². The van der Waals surface area contributed by atoms with Crippen LogP contribution in [-0.4, -0.2) is 42.0 Å². The third-order valence-electron chi connectivity index (χ3n) is 4.01. The van der Waals surface area contributed by atoms with Gasteiger partial charge in [0.25, 0.3) is 5.91 Å². The summed E-state index contributed by atoms with van der Waals surface area (Å²) in [5.74, 6) is -0.0411. The highest BCUT2D eigenvalue weighted by atomic mass is 16.1. The van der Waals surface area contributed by atoms with Crippen LogP contribution < -0.4 is 5.32 Å². The van der Waals surface area contributed by atoms with Crippen LogP contribution in [0.25, 0.3) is 10.9 Å². The highest BCUT2D eigenvalue weighted by Gasteiger charge is 2.11. The molecule has 0 aliphatic heterocycles. The monoisotopic (exact) mass is 299 g/mol. The van der Waals surface area contributed by atoms with E-state index in [1.165, 1.54) is 5.56 Å². The first-order valence-corrected chi connectivity index (χ1v) is 7.93. The Morgan fingerprint density at radius 1 is 1.18 bits per heavy atom. The summed E-state index contributed by atoms with van der Waals surface area (Å²) in [5.41, 5.74) is 3.54. The van der Waals surface area contributed by atoms with Crippen molar-refractivity contribution in [1.82, 2.24) is 15.2 Å². The normalized spacial score (nSPS) is 11.1. The van der Waals surface area contributed by atoms with Gasteiger partial charge in [-0.25, -0.2) is 0 Å². The third kappa shape index (κ3) is 3.83. The molecule has 0 aliphatic carbocycles. The van der Waals surface area contributed by atoms with Gasteiger partial charge in [0.1, 0.15) is 0 Å². The molecule has 1 heterocycles. The standard InChI is InChI=1S/C18H25N3O/c1-5-21(6-2)10-9-19-18(22)16-12-15-11-13(3)7-8-17(15)20-14(16)4/h7-8,11-12H,5-6,9-10H2,1-4H3,(H,19,22). The number of hydrogen-bond donors (Lipinski definition) is 1. The van der Waals surface area contributed by atoms with E-state index in [0.29, 0.717) is 12.1 Å². The van der Waals surface area contributed by atoms with Gasteiger partial charge >= 0.3 is 0 Å². The fraction of sp³-hybridized carbons (Fsp3) is 0.444. The van der Waals surface area contributed by atoms with Gasteiger partial charge in [-0.2, -0.15) is 0 Å². The van der Waals surface area contributed by atoms with E-state index in [9.17, 15) is 4.79 Å². The highest BCUT2D eigenvalue weighted by Crippen LogP contribution is 2.18. The molecule has 0 atom stereocenters. The summed E-state index contributed by atoms with van der Waals surface area (Å²) in [6, 6.07) is 8.05. The Balaban J connectivity index is 2.12. The lowest BCUT2D eigenvalue weighted by Crippen LogP contribution is -2.35. The zero-order chi connectivity index (χ0) is 16.1. The van der Waals surface area contributed by atoms with Gasteiger partial charge in [0.05, 0.1) is 16.8 Å². The molecule has 2 rings (SSSR count). The van der Waals surface area contributed by atoms with Gasteiger partial charge in [-0.15, -0.1) is 0 Å². The van der Waals surface area contributed by atoms with E-state index in [2.05, 4.69) is 35.1 Å². The molecule has 0 saturated heterocycles. The van der Waals surface area contributed by atoms with Crippen LogP contribution in [0.5, 0.6) is 0 Å². The minimum absolute atomic E-state index is 0.0411. The molecule has 0 spiro atoms. The second kappa shape index (κ2) is 7.36. The van der Waals surface area contributed by atoms with E-state index in [-0.39, 0.29) is 5.91 Å². The molecule has 2 aromatic rings. The molecule has 22 heavy (non-hydrogen) atoms. The molecular weight excluding hydrogens is 274 g/mol. The quantitative estimate of drug-likeness (QED) is 0.892. The first-order valence-electron chi connectivity index (χ1n) is 7.93. The van der Waals surface area contributed by atoms with Crippen LogP contribution in [0.2, 0.25) is 0 Å². The number of rotatable bonds is 6. The number of hydrogen-bond acceptors (Lipinski definition) is 3. The predicted molar refractivity (Wildman–Crippen MR) is 91.3 cm³/mol. The number of fused-ring (bicyclic) bond motifs is 1. The summed E-state index contributed by atoms with van der Waals surface area (Å²) in [6.45, 7) is 11.7. The second-order valence-electron chi connectivity index (χ2n) is 5.60. The molecule has 1 aromatic carbocycles. The SMILES string of the molecule is CCN(CC)CCNC(=O)c1cc2cc(C)ccc2nc1C. The molecule has 0 fully saturated rings. The number of amides is 1. The molecule has 1 aromatic heterocycles. The topological polar surface area (TPSA) is 45.2 Å². The smallest absolute Gasteiger partial charge is 0.253 e. The molecule has 1 amide bonds. The van der Waals surface area contributed by atoms with Crippen molar-refractivity contribution in [2.75, 3.05) is 26.2 Å². The average molecular weight is 299 g/mol. The van der Waals surface area contributed by atoms with Crippen molar-refractivity contribution in [3.05, 3.63) is 41.1 Å². The van der Waals surface area contributed by atoms with Crippen LogP contribution in [0.15, 0.2) is 24.3 Å². The lowest BCUT2D eigenvalue weighted by atomic mass is 10.1. The molecule has 0 saturated carbocycles. The Kier molecular flexibility index (Phi) is 5.50. The number of nitrogens with one attached hydrogen (secondary N) is 1. The van der Waals surface area contributed by atoms with E-state index in [4.69, 9.17) is 0 Å². The van der Waals surface area contributed by atoms with Gasteiger partial charge in [0.2, 0.25) is 0 Å². The number of benzene rings is 1. The van der Waals surface area contributed by atoms with E-state index in [0.717, 1.165) is 36.2 Å². The zero-order valence-corrected chi connectivity index (χ0v) is 13.9. The van der Waals surface area contributed by atoms with Gasteiger partial charge in [-0.1, -0.05) is 25.5 Å². The molecule has 4 nitrogen and oxygen atoms in total. The van der Waals surface area contributed by atoms with Crippen LogP contribution in [0.1, 0.15) is 35.5 Å². The Labute approximate surface area is 132 Å². The van der Waals surface area contributed by atoms with Crippen molar-refractivity contribution in [3.63, 3.8) is 0 Å². The minimum atomic E-state index is -0.0411. The van der Waals surface area contributed by atoms with Crippen LogP contribution in [0.3, 0.4) is 0 Å². The van der Waals surface area contributed by atoms with Crippen molar-refractivity contribution in [2.45, 2.75) is 27.7 Å². The number of carbonyl (C=O) groups excluding carboxylic acids is 1. The summed E-state index contributed by atoms with van der Waals surface area (Å²) in [5, 5.41) is 4.01. The highest BCUT2D eigenvalue weighted by molar-refractivity contribution is 5.98.